The van der Waals surface area contributed by atoms with Gasteiger partial charge in [-0.3, -0.25) is 19.8 Å². The highest BCUT2D eigenvalue weighted by Crippen LogP contribution is 2.33. The highest BCUT2D eigenvalue weighted by molar-refractivity contribution is 8.16. The van der Waals surface area contributed by atoms with Crippen molar-refractivity contribution in [2.24, 2.45) is 10.2 Å². The van der Waals surface area contributed by atoms with Crippen molar-refractivity contribution < 1.29 is 9.72 Å². The van der Waals surface area contributed by atoms with Gasteiger partial charge in [-0.1, -0.05) is 60.3 Å². The summed E-state index contributed by atoms with van der Waals surface area (Å²) >= 11 is 1.38. The Balaban J connectivity index is 1.58. The third kappa shape index (κ3) is 4.87. The molecule has 0 saturated carbocycles. The summed E-state index contributed by atoms with van der Waals surface area (Å²) in [7, 11) is 0. The molecule has 1 unspecified atom stereocenters. The number of carbonyl (C=O) groups excluding carboxylic acids is 1. The number of amidine groups is 1. The van der Waals surface area contributed by atoms with Crippen LogP contribution in [0.2, 0.25) is 0 Å². The Bertz CT molecular complexity index is 1130. The van der Waals surface area contributed by atoms with E-state index in [9.17, 15) is 14.9 Å². The summed E-state index contributed by atoms with van der Waals surface area (Å²) in [4.78, 5) is 25.1. The quantitative estimate of drug-likeness (QED) is 0.323. The van der Waals surface area contributed by atoms with Gasteiger partial charge in [0.1, 0.15) is 0 Å². The molecular formula is C23H18N4O3S. The predicted molar refractivity (Wildman–Crippen MR) is 124 cm³/mol. The summed E-state index contributed by atoms with van der Waals surface area (Å²) in [5.74, 6) is -0.0376. The van der Waals surface area contributed by atoms with Crippen LogP contribution in [0, 0.1) is 10.1 Å². The third-order valence-corrected chi connectivity index (χ3v) is 5.79. The smallest absolute Gasteiger partial charge is 0.269 e. The molecule has 0 aromatic heterocycles. The molecule has 1 saturated heterocycles. The fourth-order valence-electron chi connectivity index (χ4n) is 3.14. The second-order valence-corrected chi connectivity index (χ2v) is 7.95. The number of rotatable bonds is 6. The highest BCUT2D eigenvalue weighted by atomic mass is 32.2. The number of para-hydroxylation sites is 1. The number of anilines is 1. The molecule has 8 heteroatoms. The average molecular weight is 430 g/mol. The fourth-order valence-corrected chi connectivity index (χ4v) is 4.27. The first kappa shape index (κ1) is 20.5. The monoisotopic (exact) mass is 430 g/mol. The van der Waals surface area contributed by atoms with Crippen molar-refractivity contribution in [3.8, 4) is 0 Å². The molecule has 1 amide bonds. The van der Waals surface area contributed by atoms with Crippen LogP contribution in [0.15, 0.2) is 95.1 Å². The minimum atomic E-state index is -0.452. The number of nitrogens with zero attached hydrogens (tertiary/aromatic N) is 4. The topological polar surface area (TPSA) is 88.2 Å². The molecular weight excluding hydrogens is 412 g/mol. The van der Waals surface area contributed by atoms with Crippen LogP contribution in [0.5, 0.6) is 0 Å². The molecule has 1 aliphatic heterocycles. The Hall–Kier alpha value is -3.78. The first-order chi connectivity index (χ1) is 15.1. The fraction of sp³-hybridized carbons (Fsp3) is 0.0870. The van der Waals surface area contributed by atoms with E-state index in [4.69, 9.17) is 0 Å². The minimum absolute atomic E-state index is 0.0133. The molecule has 1 aliphatic rings. The van der Waals surface area contributed by atoms with Crippen molar-refractivity contribution in [2.45, 2.75) is 11.7 Å². The molecule has 4 rings (SSSR count). The normalized spacial score (nSPS) is 17.5. The molecule has 0 N–H and O–H groups in total. The molecule has 1 fully saturated rings. The lowest BCUT2D eigenvalue weighted by Crippen LogP contribution is -2.32. The van der Waals surface area contributed by atoms with Gasteiger partial charge in [-0.2, -0.15) is 5.10 Å². The predicted octanol–water partition coefficient (Wildman–Crippen LogP) is 4.68. The molecule has 0 radical (unpaired) electrons. The van der Waals surface area contributed by atoms with Crippen molar-refractivity contribution in [1.82, 2.24) is 0 Å². The molecule has 7 nitrogen and oxygen atoms in total. The van der Waals surface area contributed by atoms with Gasteiger partial charge in [-0.05, 0) is 41.8 Å². The molecule has 1 atom stereocenters. The maximum Gasteiger partial charge on any atom is 0.269 e. The van der Waals surface area contributed by atoms with Crippen molar-refractivity contribution in [3.63, 3.8) is 0 Å². The third-order valence-electron chi connectivity index (χ3n) is 4.67. The Kier molecular flexibility index (Phi) is 6.18. The number of carbonyl (C=O) groups is 1. The van der Waals surface area contributed by atoms with Crippen LogP contribution < -0.4 is 4.90 Å². The number of thioether (sulfide) groups is 1. The second-order valence-electron chi connectivity index (χ2n) is 6.78. The lowest BCUT2D eigenvalue weighted by atomic mass is 10.1. The molecule has 0 bridgehead atoms. The summed E-state index contributed by atoms with van der Waals surface area (Å²) in [6.45, 7) is 0. The van der Waals surface area contributed by atoms with Crippen LogP contribution in [0.4, 0.5) is 11.4 Å². The largest absolute Gasteiger partial charge is 0.273 e. The van der Waals surface area contributed by atoms with Crippen LogP contribution in [0.1, 0.15) is 11.1 Å². The maximum absolute atomic E-state index is 13.2. The molecule has 0 aliphatic carbocycles. The van der Waals surface area contributed by atoms with Crippen molar-refractivity contribution >= 4 is 40.4 Å². The van der Waals surface area contributed by atoms with Gasteiger partial charge < -0.3 is 0 Å². The summed E-state index contributed by atoms with van der Waals surface area (Å²) in [5.41, 5.74) is 2.51. The van der Waals surface area contributed by atoms with E-state index >= 15 is 0 Å². The van der Waals surface area contributed by atoms with Gasteiger partial charge in [0.05, 0.1) is 22.1 Å². The van der Waals surface area contributed by atoms with E-state index < -0.39 is 4.92 Å². The summed E-state index contributed by atoms with van der Waals surface area (Å²) in [5, 5.41) is 19.4. The van der Waals surface area contributed by atoms with Gasteiger partial charge in [0.2, 0.25) is 5.91 Å². The average Bonchev–Trinajstić information content (AvgIpc) is 3.10. The molecule has 154 valence electrons. The first-order valence-electron chi connectivity index (χ1n) is 9.57. The van der Waals surface area contributed by atoms with E-state index in [-0.39, 0.29) is 16.8 Å². The molecule has 31 heavy (non-hydrogen) atoms. The van der Waals surface area contributed by atoms with Crippen LogP contribution in [0.3, 0.4) is 0 Å². The van der Waals surface area contributed by atoms with E-state index in [1.165, 1.54) is 30.1 Å². The van der Waals surface area contributed by atoms with Gasteiger partial charge in [0, 0.05) is 12.1 Å². The molecule has 3 aromatic carbocycles. The van der Waals surface area contributed by atoms with E-state index in [1.807, 2.05) is 60.7 Å². The van der Waals surface area contributed by atoms with Gasteiger partial charge in [0.15, 0.2) is 5.17 Å². The van der Waals surface area contributed by atoms with Crippen LogP contribution in [0.25, 0.3) is 0 Å². The lowest BCUT2D eigenvalue weighted by molar-refractivity contribution is -0.384. The number of nitro benzene ring substituents is 1. The minimum Gasteiger partial charge on any atom is -0.273 e. The van der Waals surface area contributed by atoms with E-state index in [0.717, 1.165) is 11.3 Å². The number of hydrogen-bond acceptors (Lipinski definition) is 6. The van der Waals surface area contributed by atoms with Crippen LogP contribution in [-0.4, -0.2) is 27.5 Å². The van der Waals surface area contributed by atoms with Gasteiger partial charge in [-0.15, -0.1) is 5.10 Å². The number of nitro groups is 1. The van der Waals surface area contributed by atoms with Gasteiger partial charge >= 0.3 is 0 Å². The van der Waals surface area contributed by atoms with Gasteiger partial charge in [0.25, 0.3) is 5.69 Å². The number of benzene rings is 3. The number of hydrogen-bond donors (Lipinski definition) is 0. The lowest BCUT2D eigenvalue weighted by Gasteiger charge is -2.15. The van der Waals surface area contributed by atoms with Gasteiger partial charge in [-0.25, -0.2) is 0 Å². The Morgan fingerprint density at radius 3 is 2.26 bits per heavy atom. The Morgan fingerprint density at radius 2 is 1.61 bits per heavy atom. The SMILES string of the molecule is O=C1C(Cc2ccccc2)SC(=NN=Cc2ccc([N+](=O)[O-])cc2)N1c1ccccc1. The number of non-ortho nitro benzene ring substituents is 1. The zero-order valence-electron chi connectivity index (χ0n) is 16.4. The Morgan fingerprint density at radius 1 is 0.968 bits per heavy atom. The van der Waals surface area contributed by atoms with Crippen molar-refractivity contribution in [2.75, 3.05) is 4.90 Å². The maximum atomic E-state index is 13.2. The van der Waals surface area contributed by atoms with E-state index in [0.29, 0.717) is 17.2 Å². The summed E-state index contributed by atoms with van der Waals surface area (Å²) < 4.78 is 0. The van der Waals surface area contributed by atoms with Crippen LogP contribution in [-0.2, 0) is 11.2 Å². The first-order valence-corrected chi connectivity index (χ1v) is 10.4. The van der Waals surface area contributed by atoms with Crippen molar-refractivity contribution in [1.29, 1.82) is 0 Å². The van der Waals surface area contributed by atoms with Crippen LogP contribution >= 0.6 is 11.8 Å². The van der Waals surface area contributed by atoms with Crippen molar-refractivity contribution in [3.05, 3.63) is 106 Å². The Labute approximate surface area is 183 Å². The standard InChI is InChI=1S/C23H18N4O3S/c28-22-21(15-17-7-3-1-4-8-17)31-23(26(22)19-9-5-2-6-10-19)25-24-16-18-11-13-20(14-12-18)27(29)30/h1-14,16,21H,15H2. The van der Waals surface area contributed by atoms with E-state index in [2.05, 4.69) is 10.2 Å². The molecule has 1 heterocycles. The summed E-state index contributed by atoms with van der Waals surface area (Å²) in [6.07, 6.45) is 2.11. The summed E-state index contributed by atoms with van der Waals surface area (Å²) in [6, 6.07) is 25.2. The second kappa shape index (κ2) is 9.36. The molecule has 3 aromatic rings. The molecule has 0 spiro atoms. The zero-order valence-corrected chi connectivity index (χ0v) is 17.2. The highest BCUT2D eigenvalue weighted by Gasteiger charge is 2.39. The van der Waals surface area contributed by atoms with E-state index in [1.54, 1.807) is 17.0 Å². The zero-order chi connectivity index (χ0) is 21.6. The number of amides is 1.